The molecule has 3 aliphatic rings. The fourth-order valence-corrected chi connectivity index (χ4v) is 4.62. The molecule has 1 aromatic rings. The average Bonchev–Trinajstić information content (AvgIpc) is 2.95. The van der Waals surface area contributed by atoms with E-state index in [1.807, 2.05) is 18.2 Å². The number of allylic oxidation sites excluding steroid dienone is 1. The summed E-state index contributed by atoms with van der Waals surface area (Å²) in [5, 5.41) is 2.13. The fourth-order valence-electron chi connectivity index (χ4n) is 3.69. The summed E-state index contributed by atoms with van der Waals surface area (Å²) in [6.45, 7) is 5.13. The summed E-state index contributed by atoms with van der Waals surface area (Å²) in [6.07, 6.45) is 3.08. The van der Waals surface area contributed by atoms with Crippen molar-refractivity contribution in [1.29, 1.82) is 0 Å². The number of amides is 1. The molecule has 3 heterocycles. The van der Waals surface area contributed by atoms with Crippen molar-refractivity contribution >= 4 is 22.6 Å². The molecule has 0 fully saturated rings. The second-order valence-corrected chi connectivity index (χ2v) is 6.86. The molecule has 0 unspecified atom stereocenters. The summed E-state index contributed by atoms with van der Waals surface area (Å²) in [6, 6.07) is 8.07. The number of hydrogen-bond donors (Lipinski definition) is 0. The van der Waals surface area contributed by atoms with Crippen molar-refractivity contribution < 1.29 is 4.79 Å². The lowest BCUT2D eigenvalue weighted by Gasteiger charge is -2.34. The van der Waals surface area contributed by atoms with E-state index in [4.69, 9.17) is 0 Å². The smallest absolute Gasteiger partial charge is 0.255 e. The predicted octanol–water partition coefficient (Wildman–Crippen LogP) is 2.86. The molecule has 0 aromatic heterocycles. The van der Waals surface area contributed by atoms with E-state index in [0.717, 1.165) is 18.5 Å². The third kappa shape index (κ3) is 1.39. The molecule has 0 N–H and O–H groups in total. The zero-order valence-electron chi connectivity index (χ0n) is 11.6. The molecule has 0 radical (unpaired) electrons. The molecule has 0 saturated carbocycles. The molecule has 3 aliphatic heterocycles. The van der Waals surface area contributed by atoms with Crippen LogP contribution in [0.5, 0.6) is 0 Å². The molecule has 1 atom stereocenters. The lowest BCUT2D eigenvalue weighted by Crippen LogP contribution is -2.41. The molecule has 3 heteroatoms. The van der Waals surface area contributed by atoms with Crippen LogP contribution in [0, 0.1) is 0 Å². The van der Waals surface area contributed by atoms with Gasteiger partial charge in [-0.05, 0) is 31.1 Å². The summed E-state index contributed by atoms with van der Waals surface area (Å²) in [4.78, 5) is 16.2. The van der Waals surface area contributed by atoms with E-state index in [1.54, 1.807) is 11.4 Å². The minimum atomic E-state index is -0.198. The standard InChI is InChI=1S/C17H16NOS/c1-11-9-17(2)14-6-4-3-5-13(14)16(19)18(17)10-12-7-8-20-15(11)12/h3-8H,9-10H2,1-2H3/q+1/t17-/m0/s1. The van der Waals surface area contributed by atoms with Gasteiger partial charge in [-0.15, -0.1) is 0 Å². The van der Waals surface area contributed by atoms with E-state index in [-0.39, 0.29) is 11.4 Å². The topological polar surface area (TPSA) is 20.3 Å². The van der Waals surface area contributed by atoms with Crippen molar-refractivity contribution in [3.8, 4) is 0 Å². The van der Waals surface area contributed by atoms with Crippen LogP contribution in [0.3, 0.4) is 0 Å². The van der Waals surface area contributed by atoms with Crippen LogP contribution in [0.25, 0.3) is 0 Å². The van der Waals surface area contributed by atoms with Crippen molar-refractivity contribution in [3.63, 3.8) is 0 Å². The van der Waals surface area contributed by atoms with Crippen molar-refractivity contribution in [2.75, 3.05) is 6.54 Å². The summed E-state index contributed by atoms with van der Waals surface area (Å²) < 4.78 is 0. The van der Waals surface area contributed by atoms with Crippen molar-refractivity contribution in [2.24, 2.45) is 0 Å². The summed E-state index contributed by atoms with van der Waals surface area (Å²) in [7, 11) is 0. The number of benzene rings is 1. The number of rotatable bonds is 0. The molecule has 20 heavy (non-hydrogen) atoms. The molecule has 0 spiro atoms. The van der Waals surface area contributed by atoms with Crippen molar-refractivity contribution in [1.82, 2.24) is 4.90 Å². The molecule has 2 nitrogen and oxygen atoms in total. The highest BCUT2D eigenvalue weighted by Crippen LogP contribution is 2.46. The van der Waals surface area contributed by atoms with Crippen LogP contribution < -0.4 is 0 Å². The lowest BCUT2D eigenvalue weighted by atomic mass is 9.86. The molecule has 0 saturated heterocycles. The zero-order valence-corrected chi connectivity index (χ0v) is 12.5. The predicted molar refractivity (Wildman–Crippen MR) is 83.7 cm³/mol. The summed E-state index contributed by atoms with van der Waals surface area (Å²) in [5.41, 5.74) is 4.54. The normalized spacial score (nSPS) is 27.2. The van der Waals surface area contributed by atoms with Crippen LogP contribution in [0.1, 0.15) is 36.2 Å². The van der Waals surface area contributed by atoms with Crippen LogP contribution in [-0.2, 0) is 16.9 Å². The molecule has 1 amide bonds. The Balaban J connectivity index is 1.93. The first kappa shape index (κ1) is 12.0. The van der Waals surface area contributed by atoms with Crippen molar-refractivity contribution in [2.45, 2.75) is 25.8 Å². The van der Waals surface area contributed by atoms with Gasteiger partial charge in [-0.3, -0.25) is 4.79 Å². The Morgan fingerprint density at radius 1 is 1.30 bits per heavy atom. The fraction of sp³-hybridized carbons (Fsp3) is 0.294. The number of carbonyl (C=O) groups excluding carboxylic acids is 1. The van der Waals surface area contributed by atoms with E-state index in [0.29, 0.717) is 0 Å². The maximum absolute atomic E-state index is 12.7. The van der Waals surface area contributed by atoms with Gasteiger partial charge < -0.3 is 4.90 Å². The third-order valence-corrected chi connectivity index (χ3v) is 5.77. The molecule has 4 rings (SSSR count). The monoisotopic (exact) mass is 282 g/mol. The van der Waals surface area contributed by atoms with Crippen LogP contribution in [0.4, 0.5) is 0 Å². The van der Waals surface area contributed by atoms with Gasteiger partial charge in [0.15, 0.2) is 5.37 Å². The summed E-state index contributed by atoms with van der Waals surface area (Å²) in [5.74, 6) is 0.176. The van der Waals surface area contributed by atoms with E-state index in [2.05, 4.69) is 36.3 Å². The van der Waals surface area contributed by atoms with Gasteiger partial charge in [0.05, 0.1) is 12.1 Å². The maximum Gasteiger partial charge on any atom is 0.255 e. The number of nitrogens with zero attached hydrogens (tertiary/aromatic N) is 1. The quantitative estimate of drug-likeness (QED) is 0.529. The number of carbonyl (C=O) groups is 1. The number of hydrogen-bond acceptors (Lipinski definition) is 1. The SMILES string of the molecule is CC1=C2[S+]=CC=C2CN2C(=O)c3ccccc3[C@]2(C)C1. The minimum Gasteiger partial charge on any atom is -0.324 e. The van der Waals surface area contributed by atoms with E-state index in [9.17, 15) is 4.79 Å². The Kier molecular flexibility index (Phi) is 2.34. The Hall–Kier alpha value is -1.74. The van der Waals surface area contributed by atoms with Gasteiger partial charge >= 0.3 is 0 Å². The van der Waals surface area contributed by atoms with E-state index < -0.39 is 0 Å². The summed E-state index contributed by atoms with van der Waals surface area (Å²) >= 11 is 1.79. The van der Waals surface area contributed by atoms with Crippen LogP contribution in [-0.4, -0.2) is 22.7 Å². The zero-order chi connectivity index (χ0) is 13.9. The van der Waals surface area contributed by atoms with Gasteiger partial charge in [0.1, 0.15) is 0 Å². The second kappa shape index (κ2) is 3.89. The van der Waals surface area contributed by atoms with Gasteiger partial charge in [-0.1, -0.05) is 18.2 Å². The Labute approximate surface area is 122 Å². The first-order chi connectivity index (χ1) is 9.61. The molecular weight excluding hydrogens is 266 g/mol. The van der Waals surface area contributed by atoms with Crippen LogP contribution >= 0.6 is 0 Å². The lowest BCUT2D eigenvalue weighted by molar-refractivity contribution is 0.0622. The van der Waals surface area contributed by atoms with Crippen molar-refractivity contribution in [3.05, 3.63) is 57.5 Å². The molecule has 0 bridgehead atoms. The third-order valence-electron chi connectivity index (χ3n) is 4.65. The first-order valence-corrected chi connectivity index (χ1v) is 7.80. The van der Waals surface area contributed by atoms with E-state index >= 15 is 0 Å². The van der Waals surface area contributed by atoms with Crippen LogP contribution in [0.2, 0.25) is 0 Å². The second-order valence-electron chi connectivity index (χ2n) is 5.94. The van der Waals surface area contributed by atoms with Gasteiger partial charge in [0, 0.05) is 23.6 Å². The highest BCUT2D eigenvalue weighted by Gasteiger charge is 2.49. The first-order valence-electron chi connectivity index (χ1n) is 6.92. The highest BCUT2D eigenvalue weighted by molar-refractivity contribution is 7.82. The highest BCUT2D eigenvalue weighted by atomic mass is 32.1. The Morgan fingerprint density at radius 3 is 2.95 bits per heavy atom. The van der Waals surface area contributed by atoms with Gasteiger partial charge in [-0.2, -0.15) is 0 Å². The minimum absolute atomic E-state index is 0.176. The van der Waals surface area contributed by atoms with Gasteiger partial charge in [0.2, 0.25) is 16.3 Å². The average molecular weight is 282 g/mol. The van der Waals surface area contributed by atoms with Crippen LogP contribution in [0.15, 0.2) is 46.4 Å². The Bertz CT molecular complexity index is 728. The van der Waals surface area contributed by atoms with E-state index in [1.165, 1.54) is 21.6 Å². The Morgan fingerprint density at radius 2 is 2.10 bits per heavy atom. The molecule has 0 aliphatic carbocycles. The molecular formula is C17H16NOS+. The largest absolute Gasteiger partial charge is 0.324 e. The van der Waals surface area contributed by atoms with Gasteiger partial charge in [0.25, 0.3) is 5.91 Å². The number of fused-ring (bicyclic) bond motifs is 4. The maximum atomic E-state index is 12.7. The van der Waals surface area contributed by atoms with Gasteiger partial charge in [-0.25, -0.2) is 0 Å². The molecule has 100 valence electrons. The molecule has 1 aromatic carbocycles.